The number of hydrogen-bond acceptors (Lipinski definition) is 6. The first-order valence-corrected chi connectivity index (χ1v) is 8.33. The number of aryl methyl sites for hydroxylation is 1. The molecule has 0 aromatic carbocycles. The van der Waals surface area contributed by atoms with Crippen molar-refractivity contribution in [1.29, 1.82) is 5.26 Å². The van der Waals surface area contributed by atoms with E-state index in [2.05, 4.69) is 5.10 Å². The van der Waals surface area contributed by atoms with Crippen molar-refractivity contribution < 1.29 is 4.79 Å². The Morgan fingerprint density at radius 1 is 1.31 bits per heavy atom. The van der Waals surface area contributed by atoms with Gasteiger partial charge in [-0.3, -0.25) is 23.4 Å². The molecule has 0 amide bonds. The number of carbonyl (C=O) groups excluding carboxylic acids is 1. The minimum Gasteiger partial charge on any atom is -0.353 e. The van der Waals surface area contributed by atoms with Crippen LogP contribution in [0.3, 0.4) is 0 Å². The zero-order valence-electron chi connectivity index (χ0n) is 15.0. The van der Waals surface area contributed by atoms with Crippen LogP contribution < -0.4 is 16.1 Å². The number of carbonyl (C=O) groups is 1. The van der Waals surface area contributed by atoms with Crippen molar-refractivity contribution in [3.63, 3.8) is 0 Å². The number of nitrogens with zero attached hydrogens (tertiary/aromatic N) is 6. The van der Waals surface area contributed by atoms with Crippen LogP contribution in [0.5, 0.6) is 0 Å². The van der Waals surface area contributed by atoms with E-state index in [1.807, 2.05) is 11.0 Å². The van der Waals surface area contributed by atoms with Crippen LogP contribution in [0.15, 0.2) is 22.0 Å². The van der Waals surface area contributed by atoms with E-state index in [4.69, 9.17) is 0 Å². The molecule has 0 aliphatic carbocycles. The fraction of sp³-hybridized carbons (Fsp3) is 0.471. The van der Waals surface area contributed by atoms with Gasteiger partial charge in [0.1, 0.15) is 11.9 Å². The molecule has 1 atom stereocenters. The second-order valence-corrected chi connectivity index (χ2v) is 6.54. The summed E-state index contributed by atoms with van der Waals surface area (Å²) in [5, 5.41) is 13.5. The number of hydrogen-bond donors (Lipinski definition) is 0. The summed E-state index contributed by atoms with van der Waals surface area (Å²) in [5.74, 6) is 0.240. The maximum Gasteiger partial charge on any atom is 0.332 e. The average Bonchev–Trinajstić information content (AvgIpc) is 3.25. The smallest absolute Gasteiger partial charge is 0.332 e. The van der Waals surface area contributed by atoms with E-state index in [1.54, 1.807) is 17.9 Å². The van der Waals surface area contributed by atoms with Crippen molar-refractivity contribution in [3.8, 4) is 6.07 Å². The molecule has 2 aromatic heterocycles. The quantitative estimate of drug-likeness (QED) is 0.710. The summed E-state index contributed by atoms with van der Waals surface area (Å²) >= 11 is 0. The molecule has 0 N–H and O–H groups in total. The Bertz CT molecular complexity index is 1020. The molecule has 0 saturated carbocycles. The molecule has 0 radical (unpaired) electrons. The Hall–Kier alpha value is -3.15. The molecule has 1 unspecified atom stereocenters. The molecule has 1 aliphatic heterocycles. The van der Waals surface area contributed by atoms with Crippen LogP contribution >= 0.6 is 0 Å². The van der Waals surface area contributed by atoms with Gasteiger partial charge >= 0.3 is 5.69 Å². The van der Waals surface area contributed by atoms with Crippen LogP contribution in [0.25, 0.3) is 0 Å². The maximum atomic E-state index is 12.5. The van der Waals surface area contributed by atoms with Crippen LogP contribution in [-0.4, -0.2) is 37.3 Å². The summed E-state index contributed by atoms with van der Waals surface area (Å²) in [6, 6.07) is 1.75. The van der Waals surface area contributed by atoms with Gasteiger partial charge in [-0.05, 0) is 12.8 Å². The van der Waals surface area contributed by atoms with E-state index in [-0.39, 0.29) is 23.8 Å². The second kappa shape index (κ2) is 6.63. The van der Waals surface area contributed by atoms with E-state index < -0.39 is 11.2 Å². The number of rotatable bonds is 4. The highest BCUT2D eigenvalue weighted by atomic mass is 16.2. The summed E-state index contributed by atoms with van der Waals surface area (Å²) in [6.07, 6.45) is 4.99. The SMILES string of the molecule is Cn1cc(C(=O)CC2CCCN2c2c(C#N)c(=O)n(C)c(=O)n2C)cn1. The van der Waals surface area contributed by atoms with Crippen LogP contribution in [-0.2, 0) is 21.1 Å². The van der Waals surface area contributed by atoms with Crippen LogP contribution in [0, 0.1) is 11.3 Å². The first kappa shape index (κ1) is 17.7. The number of ketones is 1. The molecule has 0 spiro atoms. The fourth-order valence-corrected chi connectivity index (χ4v) is 3.49. The molecule has 1 fully saturated rings. The van der Waals surface area contributed by atoms with E-state index in [0.29, 0.717) is 17.9 Å². The number of aromatic nitrogens is 4. The Labute approximate surface area is 149 Å². The molecular weight excluding hydrogens is 336 g/mol. The fourth-order valence-electron chi connectivity index (χ4n) is 3.49. The summed E-state index contributed by atoms with van der Waals surface area (Å²) in [4.78, 5) is 39.0. The van der Waals surface area contributed by atoms with Crippen molar-refractivity contribution in [1.82, 2.24) is 18.9 Å². The van der Waals surface area contributed by atoms with E-state index in [9.17, 15) is 19.6 Å². The van der Waals surface area contributed by atoms with E-state index in [1.165, 1.54) is 24.9 Å². The Kier molecular flexibility index (Phi) is 4.50. The van der Waals surface area contributed by atoms with Gasteiger partial charge in [0.15, 0.2) is 11.3 Å². The predicted molar refractivity (Wildman–Crippen MR) is 94.2 cm³/mol. The monoisotopic (exact) mass is 356 g/mol. The highest BCUT2D eigenvalue weighted by Crippen LogP contribution is 2.28. The zero-order valence-corrected chi connectivity index (χ0v) is 15.0. The van der Waals surface area contributed by atoms with Crippen LogP contribution in [0.2, 0.25) is 0 Å². The summed E-state index contributed by atoms with van der Waals surface area (Å²) in [7, 11) is 4.63. The molecule has 9 nitrogen and oxygen atoms in total. The van der Waals surface area contributed by atoms with Gasteiger partial charge in [-0.1, -0.05) is 0 Å². The maximum absolute atomic E-state index is 12.5. The first-order valence-electron chi connectivity index (χ1n) is 8.33. The molecule has 1 aliphatic rings. The Balaban J connectivity index is 1.99. The third-order valence-corrected chi connectivity index (χ3v) is 4.84. The lowest BCUT2D eigenvalue weighted by molar-refractivity contribution is 0.0974. The molecule has 136 valence electrons. The van der Waals surface area contributed by atoms with E-state index >= 15 is 0 Å². The number of Topliss-reactive ketones (excluding diaryl/α,β-unsaturated/α-hetero) is 1. The van der Waals surface area contributed by atoms with Gasteiger partial charge in [-0.15, -0.1) is 0 Å². The second-order valence-electron chi connectivity index (χ2n) is 6.54. The molecule has 0 bridgehead atoms. The first-order chi connectivity index (χ1) is 12.3. The van der Waals surface area contributed by atoms with Gasteiger partial charge in [0.05, 0.1) is 11.8 Å². The standard InChI is InChI=1S/C17H20N6O3/c1-20-10-11(9-19-20)14(24)7-12-5-4-6-23(12)15-13(8-18)16(25)22(3)17(26)21(15)2/h9-10,12H,4-7H2,1-3H3. The third-order valence-electron chi connectivity index (χ3n) is 4.84. The Morgan fingerprint density at radius 3 is 2.65 bits per heavy atom. The highest BCUT2D eigenvalue weighted by Gasteiger charge is 2.32. The van der Waals surface area contributed by atoms with Gasteiger partial charge < -0.3 is 4.90 Å². The van der Waals surface area contributed by atoms with E-state index in [0.717, 1.165) is 17.4 Å². The van der Waals surface area contributed by atoms with Crippen LogP contribution in [0.4, 0.5) is 5.82 Å². The normalized spacial score (nSPS) is 16.7. The van der Waals surface area contributed by atoms with Crippen molar-refractivity contribution in [2.75, 3.05) is 11.4 Å². The van der Waals surface area contributed by atoms with Crippen molar-refractivity contribution in [2.24, 2.45) is 21.1 Å². The predicted octanol–water partition coefficient (Wildman–Crippen LogP) is -0.0690. The molecule has 3 heterocycles. The summed E-state index contributed by atoms with van der Waals surface area (Å²) in [5.41, 5.74) is -0.656. The highest BCUT2D eigenvalue weighted by molar-refractivity contribution is 5.96. The van der Waals surface area contributed by atoms with Crippen molar-refractivity contribution in [3.05, 3.63) is 44.4 Å². The molecule has 26 heavy (non-hydrogen) atoms. The number of nitriles is 1. The van der Waals surface area contributed by atoms with Gasteiger partial charge in [-0.2, -0.15) is 10.4 Å². The van der Waals surface area contributed by atoms with Crippen LogP contribution in [0.1, 0.15) is 35.2 Å². The lowest BCUT2D eigenvalue weighted by Gasteiger charge is -2.28. The minimum absolute atomic E-state index is 0.0534. The average molecular weight is 356 g/mol. The van der Waals surface area contributed by atoms with Gasteiger partial charge in [0, 0.05) is 46.3 Å². The molecular formula is C17H20N6O3. The molecule has 9 heteroatoms. The number of anilines is 1. The van der Waals surface area contributed by atoms with Gasteiger partial charge in [0.2, 0.25) is 0 Å². The lowest BCUT2D eigenvalue weighted by atomic mass is 10.0. The summed E-state index contributed by atoms with van der Waals surface area (Å²) < 4.78 is 3.80. The van der Waals surface area contributed by atoms with Gasteiger partial charge in [-0.25, -0.2) is 4.79 Å². The largest absolute Gasteiger partial charge is 0.353 e. The topological polar surface area (TPSA) is 106 Å². The molecule has 2 aromatic rings. The Morgan fingerprint density at radius 2 is 2.04 bits per heavy atom. The third kappa shape index (κ3) is 2.83. The van der Waals surface area contributed by atoms with Gasteiger partial charge in [0.25, 0.3) is 5.56 Å². The summed E-state index contributed by atoms with van der Waals surface area (Å²) in [6.45, 7) is 0.583. The molecule has 3 rings (SSSR count). The lowest BCUT2D eigenvalue weighted by Crippen LogP contribution is -2.44. The van der Waals surface area contributed by atoms with Crippen molar-refractivity contribution >= 4 is 11.6 Å². The minimum atomic E-state index is -0.616. The van der Waals surface area contributed by atoms with Crippen molar-refractivity contribution in [2.45, 2.75) is 25.3 Å². The zero-order chi connectivity index (χ0) is 19.0. The molecule has 1 saturated heterocycles.